The average Bonchev–Trinajstić information content (AvgIpc) is 2.83. The van der Waals surface area contributed by atoms with Crippen molar-refractivity contribution < 1.29 is 13.9 Å². The highest BCUT2D eigenvalue weighted by Crippen LogP contribution is 2.24. The Morgan fingerprint density at radius 1 is 1.35 bits per heavy atom. The van der Waals surface area contributed by atoms with Crippen LogP contribution < -0.4 is 10.6 Å². The number of ether oxygens (including phenoxy) is 1. The Bertz CT molecular complexity index is 698. The first-order valence-corrected chi connectivity index (χ1v) is 8.66. The molecular formula is C16H18BrFN2O2S. The Morgan fingerprint density at radius 2 is 2.09 bits per heavy atom. The lowest BCUT2D eigenvalue weighted by atomic mass is 10.2. The smallest absolute Gasteiger partial charge is 0.412 e. The van der Waals surface area contributed by atoms with Crippen LogP contribution in [0.1, 0.15) is 26.3 Å². The van der Waals surface area contributed by atoms with Gasteiger partial charge in [0.05, 0.1) is 9.47 Å². The first-order chi connectivity index (χ1) is 10.7. The zero-order valence-corrected chi connectivity index (χ0v) is 15.5. The van der Waals surface area contributed by atoms with E-state index in [0.29, 0.717) is 12.2 Å². The molecule has 4 nitrogen and oxygen atoms in total. The topological polar surface area (TPSA) is 50.4 Å². The number of benzene rings is 1. The molecule has 1 aromatic heterocycles. The molecule has 0 radical (unpaired) electrons. The predicted molar refractivity (Wildman–Crippen MR) is 95.6 cm³/mol. The molecule has 1 amide bonds. The lowest BCUT2D eigenvalue weighted by Gasteiger charge is -2.20. The predicted octanol–water partition coefficient (Wildman–Crippen LogP) is 5.61. The van der Waals surface area contributed by atoms with E-state index < -0.39 is 17.5 Å². The third-order valence-corrected chi connectivity index (χ3v) is 4.27. The number of thiophene rings is 1. The van der Waals surface area contributed by atoms with Gasteiger partial charge in [-0.25, -0.2) is 9.18 Å². The van der Waals surface area contributed by atoms with Gasteiger partial charge in [-0.05, 0) is 71.9 Å². The van der Waals surface area contributed by atoms with Crippen LogP contribution in [0.15, 0.2) is 33.4 Å². The highest BCUT2D eigenvalue weighted by Gasteiger charge is 2.17. The maximum Gasteiger partial charge on any atom is 0.412 e. The third kappa shape index (κ3) is 5.84. The Balaban J connectivity index is 2.02. The van der Waals surface area contributed by atoms with Crippen LogP contribution in [-0.4, -0.2) is 11.7 Å². The van der Waals surface area contributed by atoms with E-state index >= 15 is 0 Å². The fourth-order valence-corrected chi connectivity index (χ4v) is 3.00. The lowest BCUT2D eigenvalue weighted by Crippen LogP contribution is -2.27. The van der Waals surface area contributed by atoms with E-state index in [2.05, 4.69) is 26.6 Å². The van der Waals surface area contributed by atoms with Crippen molar-refractivity contribution in [3.8, 4) is 0 Å². The van der Waals surface area contributed by atoms with E-state index in [0.717, 1.165) is 9.35 Å². The third-order valence-electron chi connectivity index (χ3n) is 2.72. The Kier molecular flexibility index (Phi) is 5.64. The van der Waals surface area contributed by atoms with Gasteiger partial charge in [0.2, 0.25) is 0 Å². The van der Waals surface area contributed by atoms with Crippen molar-refractivity contribution >= 4 is 44.7 Å². The lowest BCUT2D eigenvalue weighted by molar-refractivity contribution is 0.0635. The zero-order chi connectivity index (χ0) is 17.0. The summed E-state index contributed by atoms with van der Waals surface area (Å²) in [5, 5.41) is 7.65. The second-order valence-corrected chi connectivity index (χ2v) is 8.22. The second-order valence-electron chi connectivity index (χ2n) is 5.93. The number of carbonyl (C=O) groups is 1. The van der Waals surface area contributed by atoms with Crippen LogP contribution >= 0.6 is 27.3 Å². The summed E-state index contributed by atoms with van der Waals surface area (Å²) < 4.78 is 20.0. The Hall–Kier alpha value is -1.60. The Labute approximate surface area is 147 Å². The standard InChI is InChI=1S/C16H18BrFN2O2S/c1-16(2,3)22-15(21)20-13-7-11(4-5-12(13)18)19-8-10-6-14(17)23-9-10/h4-7,9,19H,8H2,1-3H3,(H,20,21). The van der Waals surface area contributed by atoms with Gasteiger partial charge < -0.3 is 10.1 Å². The van der Waals surface area contributed by atoms with Gasteiger partial charge in [0.15, 0.2) is 0 Å². The number of amides is 1. The quantitative estimate of drug-likeness (QED) is 0.700. The molecule has 0 fully saturated rings. The normalized spacial score (nSPS) is 11.2. The minimum absolute atomic E-state index is 0.0794. The molecule has 2 N–H and O–H groups in total. The molecule has 0 atom stereocenters. The van der Waals surface area contributed by atoms with E-state index in [-0.39, 0.29) is 5.69 Å². The monoisotopic (exact) mass is 400 g/mol. The van der Waals surface area contributed by atoms with Crippen molar-refractivity contribution in [2.75, 3.05) is 10.6 Å². The van der Waals surface area contributed by atoms with E-state index in [4.69, 9.17) is 4.74 Å². The van der Waals surface area contributed by atoms with Gasteiger partial charge in [-0.2, -0.15) is 0 Å². The van der Waals surface area contributed by atoms with Crippen molar-refractivity contribution in [3.05, 3.63) is 44.8 Å². The van der Waals surface area contributed by atoms with E-state index in [1.165, 1.54) is 6.07 Å². The molecule has 0 aliphatic carbocycles. The number of anilines is 2. The van der Waals surface area contributed by atoms with Crippen molar-refractivity contribution in [2.45, 2.75) is 32.9 Å². The van der Waals surface area contributed by atoms with Crippen LogP contribution in [0.2, 0.25) is 0 Å². The molecular weight excluding hydrogens is 383 g/mol. The van der Waals surface area contributed by atoms with Crippen LogP contribution in [0.5, 0.6) is 0 Å². The molecule has 0 spiro atoms. The van der Waals surface area contributed by atoms with Gasteiger partial charge in [-0.3, -0.25) is 5.32 Å². The van der Waals surface area contributed by atoms with Crippen molar-refractivity contribution in [1.82, 2.24) is 0 Å². The van der Waals surface area contributed by atoms with Crippen LogP contribution in [0, 0.1) is 5.82 Å². The van der Waals surface area contributed by atoms with Gasteiger partial charge in [0, 0.05) is 12.2 Å². The molecule has 7 heteroatoms. The van der Waals surface area contributed by atoms with Crippen LogP contribution in [0.25, 0.3) is 0 Å². The number of rotatable bonds is 4. The SMILES string of the molecule is CC(C)(C)OC(=O)Nc1cc(NCc2csc(Br)c2)ccc1F. The summed E-state index contributed by atoms with van der Waals surface area (Å²) >= 11 is 5.01. The van der Waals surface area contributed by atoms with E-state index in [1.807, 2.05) is 11.4 Å². The number of hydrogen-bond acceptors (Lipinski definition) is 4. The summed E-state index contributed by atoms with van der Waals surface area (Å²) in [4.78, 5) is 11.7. The largest absolute Gasteiger partial charge is 0.444 e. The first-order valence-electron chi connectivity index (χ1n) is 6.99. The summed E-state index contributed by atoms with van der Waals surface area (Å²) in [7, 11) is 0. The van der Waals surface area contributed by atoms with E-state index in [9.17, 15) is 9.18 Å². The highest BCUT2D eigenvalue weighted by atomic mass is 79.9. The molecule has 1 aromatic carbocycles. The Morgan fingerprint density at radius 3 is 2.70 bits per heavy atom. The summed E-state index contributed by atoms with van der Waals surface area (Å²) in [5.41, 5.74) is 1.27. The number of halogens is 2. The average molecular weight is 401 g/mol. The maximum atomic E-state index is 13.8. The molecule has 124 valence electrons. The van der Waals surface area contributed by atoms with Crippen molar-refractivity contribution in [2.24, 2.45) is 0 Å². The highest BCUT2D eigenvalue weighted by molar-refractivity contribution is 9.11. The van der Waals surface area contributed by atoms with Crippen molar-refractivity contribution in [1.29, 1.82) is 0 Å². The number of nitrogens with one attached hydrogen (secondary N) is 2. The zero-order valence-electron chi connectivity index (χ0n) is 13.1. The first kappa shape index (κ1) is 17.7. The molecule has 0 saturated heterocycles. The van der Waals surface area contributed by atoms with Gasteiger partial charge in [-0.15, -0.1) is 11.3 Å². The van der Waals surface area contributed by atoms with Gasteiger partial charge >= 0.3 is 6.09 Å². The van der Waals surface area contributed by atoms with E-state index in [1.54, 1.807) is 44.2 Å². The molecule has 0 saturated carbocycles. The molecule has 0 aliphatic rings. The maximum absolute atomic E-state index is 13.8. The summed E-state index contributed by atoms with van der Waals surface area (Å²) in [6, 6.07) is 6.48. The van der Waals surface area contributed by atoms with Crippen LogP contribution in [-0.2, 0) is 11.3 Å². The number of hydrogen-bond donors (Lipinski definition) is 2. The molecule has 0 bridgehead atoms. The molecule has 2 rings (SSSR count). The fraction of sp³-hybridized carbons (Fsp3) is 0.312. The van der Waals surface area contributed by atoms with Crippen LogP contribution in [0.4, 0.5) is 20.6 Å². The number of carbonyl (C=O) groups excluding carboxylic acids is 1. The minimum atomic E-state index is -0.685. The van der Waals surface area contributed by atoms with Crippen LogP contribution in [0.3, 0.4) is 0 Å². The second kappa shape index (κ2) is 7.31. The van der Waals surface area contributed by atoms with Crippen molar-refractivity contribution in [3.63, 3.8) is 0 Å². The molecule has 1 heterocycles. The summed E-state index contributed by atoms with van der Waals surface area (Å²) in [5.74, 6) is -0.514. The van der Waals surface area contributed by atoms with Gasteiger partial charge in [0.1, 0.15) is 11.4 Å². The minimum Gasteiger partial charge on any atom is -0.444 e. The summed E-state index contributed by atoms with van der Waals surface area (Å²) in [6.07, 6.45) is -0.685. The molecule has 0 aliphatic heterocycles. The summed E-state index contributed by atoms with van der Waals surface area (Å²) in [6.45, 7) is 5.86. The van der Waals surface area contributed by atoms with Gasteiger partial charge in [-0.1, -0.05) is 0 Å². The van der Waals surface area contributed by atoms with Gasteiger partial charge in [0.25, 0.3) is 0 Å². The molecule has 23 heavy (non-hydrogen) atoms. The fourth-order valence-electron chi connectivity index (χ4n) is 1.79. The molecule has 0 unspecified atom stereocenters. The molecule has 2 aromatic rings.